The first kappa shape index (κ1) is 16.3. The van der Waals surface area contributed by atoms with Crippen molar-refractivity contribution in [2.75, 3.05) is 0 Å². The lowest BCUT2D eigenvalue weighted by Gasteiger charge is -2.37. The van der Waals surface area contributed by atoms with Crippen LogP contribution in [0.4, 0.5) is 4.39 Å². The molecule has 1 saturated carbocycles. The SMILES string of the molecule is CC1CCC(C(C)C)C(Oc2cccc(F)c2[C@H](C)N)C1. The van der Waals surface area contributed by atoms with Crippen LogP contribution in [0.1, 0.15) is 58.6 Å². The maximum Gasteiger partial charge on any atom is 0.131 e. The number of halogens is 1. The molecule has 0 aromatic heterocycles. The van der Waals surface area contributed by atoms with E-state index in [4.69, 9.17) is 10.5 Å². The van der Waals surface area contributed by atoms with Crippen LogP contribution in [-0.2, 0) is 0 Å². The number of rotatable bonds is 4. The van der Waals surface area contributed by atoms with Crippen LogP contribution in [0.5, 0.6) is 5.75 Å². The molecule has 118 valence electrons. The van der Waals surface area contributed by atoms with Gasteiger partial charge in [-0.05, 0) is 49.7 Å². The van der Waals surface area contributed by atoms with Gasteiger partial charge < -0.3 is 10.5 Å². The molecule has 0 heterocycles. The minimum atomic E-state index is -0.361. The van der Waals surface area contributed by atoms with Gasteiger partial charge in [0.2, 0.25) is 0 Å². The second-order valence-electron chi connectivity index (χ2n) is 6.92. The second-order valence-corrected chi connectivity index (χ2v) is 6.92. The van der Waals surface area contributed by atoms with Crippen LogP contribution in [0.3, 0.4) is 0 Å². The van der Waals surface area contributed by atoms with Gasteiger partial charge in [0.15, 0.2) is 0 Å². The zero-order chi connectivity index (χ0) is 15.6. The Kier molecular flexibility index (Phi) is 5.26. The molecule has 0 radical (unpaired) electrons. The highest BCUT2D eigenvalue weighted by atomic mass is 19.1. The topological polar surface area (TPSA) is 35.2 Å². The lowest BCUT2D eigenvalue weighted by molar-refractivity contribution is 0.0448. The van der Waals surface area contributed by atoms with Gasteiger partial charge in [0.25, 0.3) is 0 Å². The second kappa shape index (κ2) is 6.78. The van der Waals surface area contributed by atoms with Gasteiger partial charge in [0.05, 0.1) is 0 Å². The number of hydrogen-bond donors (Lipinski definition) is 1. The highest BCUT2D eigenvalue weighted by Crippen LogP contribution is 2.37. The molecule has 2 N–H and O–H groups in total. The molecule has 4 atom stereocenters. The molecule has 1 fully saturated rings. The Morgan fingerprint density at radius 1 is 1.24 bits per heavy atom. The van der Waals surface area contributed by atoms with E-state index >= 15 is 0 Å². The van der Waals surface area contributed by atoms with E-state index < -0.39 is 0 Å². The molecule has 1 aromatic carbocycles. The van der Waals surface area contributed by atoms with Crippen molar-refractivity contribution in [1.29, 1.82) is 0 Å². The molecule has 0 saturated heterocycles. The molecule has 2 nitrogen and oxygen atoms in total. The predicted octanol–water partition coefficient (Wildman–Crippen LogP) is 4.69. The van der Waals surface area contributed by atoms with E-state index in [1.807, 2.05) is 6.07 Å². The van der Waals surface area contributed by atoms with E-state index in [0.29, 0.717) is 29.1 Å². The van der Waals surface area contributed by atoms with E-state index in [-0.39, 0.29) is 18.0 Å². The van der Waals surface area contributed by atoms with Crippen molar-refractivity contribution in [3.63, 3.8) is 0 Å². The van der Waals surface area contributed by atoms with Crippen molar-refractivity contribution in [3.05, 3.63) is 29.6 Å². The standard InChI is InChI=1S/C18H28FNO/c1-11(2)14-9-8-12(3)10-17(14)21-16-7-5-6-15(19)18(16)13(4)20/h5-7,11-14,17H,8-10,20H2,1-4H3/t12?,13-,14?,17?/m0/s1. The Morgan fingerprint density at radius 2 is 1.95 bits per heavy atom. The molecule has 3 heteroatoms. The summed E-state index contributed by atoms with van der Waals surface area (Å²) >= 11 is 0. The summed E-state index contributed by atoms with van der Waals surface area (Å²) in [5, 5.41) is 0. The Labute approximate surface area is 127 Å². The average Bonchev–Trinajstić information content (AvgIpc) is 2.37. The van der Waals surface area contributed by atoms with Crippen LogP contribution in [0.15, 0.2) is 18.2 Å². The van der Waals surface area contributed by atoms with Crippen molar-refractivity contribution < 1.29 is 9.13 Å². The molecular formula is C18H28FNO. The summed E-state index contributed by atoms with van der Waals surface area (Å²) in [4.78, 5) is 0. The maximum atomic E-state index is 14.0. The normalized spacial score (nSPS) is 27.7. The number of benzene rings is 1. The summed E-state index contributed by atoms with van der Waals surface area (Å²) in [6, 6.07) is 4.64. The monoisotopic (exact) mass is 293 g/mol. The molecular weight excluding hydrogens is 265 g/mol. The third kappa shape index (κ3) is 3.76. The zero-order valence-corrected chi connectivity index (χ0v) is 13.6. The minimum absolute atomic E-state index is 0.160. The smallest absolute Gasteiger partial charge is 0.131 e. The van der Waals surface area contributed by atoms with Gasteiger partial charge in [0.1, 0.15) is 17.7 Å². The Balaban J connectivity index is 2.25. The van der Waals surface area contributed by atoms with Gasteiger partial charge >= 0.3 is 0 Å². The highest BCUT2D eigenvalue weighted by Gasteiger charge is 2.33. The van der Waals surface area contributed by atoms with E-state index in [1.54, 1.807) is 13.0 Å². The Bertz CT molecular complexity index is 472. The van der Waals surface area contributed by atoms with Crippen molar-refractivity contribution in [2.24, 2.45) is 23.5 Å². The first-order valence-corrected chi connectivity index (χ1v) is 8.10. The van der Waals surface area contributed by atoms with Gasteiger partial charge in [-0.1, -0.05) is 33.3 Å². The summed E-state index contributed by atoms with van der Waals surface area (Å²) in [6.07, 6.45) is 3.64. The fourth-order valence-electron chi connectivity index (χ4n) is 3.48. The number of nitrogens with two attached hydrogens (primary N) is 1. The number of ether oxygens (including phenoxy) is 1. The molecule has 0 spiro atoms. The zero-order valence-electron chi connectivity index (χ0n) is 13.6. The summed E-state index contributed by atoms with van der Waals surface area (Å²) in [5.74, 6) is 2.12. The van der Waals surface area contributed by atoms with Crippen molar-refractivity contribution in [3.8, 4) is 5.75 Å². The lowest BCUT2D eigenvalue weighted by Crippen LogP contribution is -2.36. The maximum absolute atomic E-state index is 14.0. The van der Waals surface area contributed by atoms with Crippen LogP contribution < -0.4 is 10.5 Å². The molecule has 0 amide bonds. The third-order valence-electron chi connectivity index (χ3n) is 4.71. The summed E-state index contributed by atoms with van der Waals surface area (Å²) in [6.45, 7) is 8.56. The van der Waals surface area contributed by atoms with E-state index in [2.05, 4.69) is 20.8 Å². The van der Waals surface area contributed by atoms with E-state index in [9.17, 15) is 4.39 Å². The molecule has 1 aliphatic rings. The molecule has 21 heavy (non-hydrogen) atoms. The molecule has 3 unspecified atom stereocenters. The Morgan fingerprint density at radius 3 is 2.57 bits per heavy atom. The Hall–Kier alpha value is -1.09. The predicted molar refractivity (Wildman–Crippen MR) is 84.8 cm³/mol. The van der Waals surface area contributed by atoms with Gasteiger partial charge in [-0.15, -0.1) is 0 Å². The molecule has 2 rings (SSSR count). The van der Waals surface area contributed by atoms with Gasteiger partial charge in [0, 0.05) is 11.6 Å². The summed E-state index contributed by atoms with van der Waals surface area (Å²) in [7, 11) is 0. The van der Waals surface area contributed by atoms with Crippen molar-refractivity contribution in [2.45, 2.75) is 59.1 Å². The van der Waals surface area contributed by atoms with Crippen LogP contribution in [0.25, 0.3) is 0 Å². The fraction of sp³-hybridized carbons (Fsp3) is 0.667. The molecule has 1 aliphatic carbocycles. The number of hydrogen-bond acceptors (Lipinski definition) is 2. The third-order valence-corrected chi connectivity index (χ3v) is 4.71. The van der Waals surface area contributed by atoms with E-state index in [1.165, 1.54) is 18.9 Å². The average molecular weight is 293 g/mol. The highest BCUT2D eigenvalue weighted by molar-refractivity contribution is 5.37. The van der Waals surface area contributed by atoms with Crippen LogP contribution in [-0.4, -0.2) is 6.10 Å². The molecule has 1 aromatic rings. The van der Waals surface area contributed by atoms with Crippen LogP contribution >= 0.6 is 0 Å². The summed E-state index contributed by atoms with van der Waals surface area (Å²) in [5.41, 5.74) is 6.42. The lowest BCUT2D eigenvalue weighted by atomic mass is 9.75. The molecule has 0 aliphatic heterocycles. The minimum Gasteiger partial charge on any atom is -0.490 e. The quantitative estimate of drug-likeness (QED) is 0.874. The van der Waals surface area contributed by atoms with Gasteiger partial charge in [-0.25, -0.2) is 4.39 Å². The molecule has 0 bridgehead atoms. The van der Waals surface area contributed by atoms with Crippen molar-refractivity contribution in [1.82, 2.24) is 0 Å². The van der Waals surface area contributed by atoms with Gasteiger partial charge in [-0.3, -0.25) is 0 Å². The largest absolute Gasteiger partial charge is 0.490 e. The van der Waals surface area contributed by atoms with E-state index in [0.717, 1.165) is 6.42 Å². The van der Waals surface area contributed by atoms with Crippen molar-refractivity contribution >= 4 is 0 Å². The van der Waals surface area contributed by atoms with Crippen LogP contribution in [0, 0.1) is 23.6 Å². The summed E-state index contributed by atoms with van der Waals surface area (Å²) < 4.78 is 20.3. The first-order valence-electron chi connectivity index (χ1n) is 8.10. The fourth-order valence-corrected chi connectivity index (χ4v) is 3.48. The first-order chi connectivity index (χ1) is 9.90. The van der Waals surface area contributed by atoms with Crippen LogP contribution in [0.2, 0.25) is 0 Å². The van der Waals surface area contributed by atoms with Gasteiger partial charge in [-0.2, -0.15) is 0 Å².